The summed E-state index contributed by atoms with van der Waals surface area (Å²) in [4.78, 5) is 31.5. The van der Waals surface area contributed by atoms with Crippen molar-refractivity contribution in [3.63, 3.8) is 0 Å². The number of fused-ring (bicyclic) bond motifs is 1. The van der Waals surface area contributed by atoms with Crippen LogP contribution in [-0.2, 0) is 0 Å². The Labute approximate surface area is 155 Å². The largest absolute Gasteiger partial charge is 0.478 e. The Morgan fingerprint density at radius 3 is 1.48 bits per heavy atom. The van der Waals surface area contributed by atoms with Crippen molar-refractivity contribution in [1.29, 1.82) is 0 Å². The molecule has 0 atom stereocenters. The highest BCUT2D eigenvalue weighted by atomic mass is 16.4. The lowest BCUT2D eigenvalue weighted by atomic mass is 10.1. The van der Waals surface area contributed by atoms with E-state index in [0.29, 0.717) is 5.56 Å². The van der Waals surface area contributed by atoms with Crippen molar-refractivity contribution < 1.29 is 29.7 Å². The standard InChI is InChI=1S/C11H8O2.C8H6O4.C2H4/c12-11(13)10-7-3-5-8-4-1-2-6-9(8)10;9-7(10)5-1-2-6(4-3-5)8(11)12;1-2/h1-7H,(H,12,13);1-4H,(H,9,10)(H,11,12);1-2H2. The predicted molar refractivity (Wildman–Crippen MR) is 103 cm³/mol. The predicted octanol–water partition coefficient (Wildman–Crippen LogP) is 4.42. The summed E-state index contributed by atoms with van der Waals surface area (Å²) < 4.78 is 0. The molecule has 0 amide bonds. The van der Waals surface area contributed by atoms with Crippen LogP contribution in [0.2, 0.25) is 0 Å². The van der Waals surface area contributed by atoms with Gasteiger partial charge in [0.2, 0.25) is 0 Å². The van der Waals surface area contributed by atoms with Crippen LogP contribution in [0, 0.1) is 0 Å². The minimum Gasteiger partial charge on any atom is -0.478 e. The van der Waals surface area contributed by atoms with E-state index in [9.17, 15) is 14.4 Å². The highest BCUT2D eigenvalue weighted by Crippen LogP contribution is 2.17. The van der Waals surface area contributed by atoms with Gasteiger partial charge in [0.05, 0.1) is 16.7 Å². The molecule has 3 aromatic carbocycles. The molecule has 0 heterocycles. The van der Waals surface area contributed by atoms with Crippen LogP contribution in [0.3, 0.4) is 0 Å². The summed E-state index contributed by atoms with van der Waals surface area (Å²) in [5, 5.41) is 27.6. The minimum absolute atomic E-state index is 0.0833. The maximum atomic E-state index is 10.8. The van der Waals surface area contributed by atoms with Gasteiger partial charge in [0.15, 0.2) is 0 Å². The normalized spacial score (nSPS) is 9.19. The highest BCUT2D eigenvalue weighted by molar-refractivity contribution is 6.03. The van der Waals surface area contributed by atoms with Crippen molar-refractivity contribution in [2.24, 2.45) is 0 Å². The molecule has 0 aliphatic carbocycles. The molecule has 3 aromatic rings. The molecule has 0 aliphatic rings. The fourth-order valence-electron chi connectivity index (χ4n) is 2.17. The highest BCUT2D eigenvalue weighted by Gasteiger charge is 2.06. The number of carbonyl (C=O) groups is 3. The Morgan fingerprint density at radius 1 is 0.593 bits per heavy atom. The van der Waals surface area contributed by atoms with Crippen LogP contribution < -0.4 is 0 Å². The first-order valence-corrected chi connectivity index (χ1v) is 7.68. The molecule has 0 fully saturated rings. The molecule has 27 heavy (non-hydrogen) atoms. The van der Waals surface area contributed by atoms with E-state index < -0.39 is 17.9 Å². The molecule has 6 nitrogen and oxygen atoms in total. The maximum absolute atomic E-state index is 10.8. The molecular formula is C21H18O6. The van der Waals surface area contributed by atoms with Crippen LogP contribution in [0.25, 0.3) is 10.8 Å². The van der Waals surface area contributed by atoms with E-state index in [1.165, 1.54) is 24.3 Å². The fourth-order valence-corrected chi connectivity index (χ4v) is 2.17. The van der Waals surface area contributed by atoms with Gasteiger partial charge in [0, 0.05) is 0 Å². The molecule has 0 aromatic heterocycles. The second-order valence-electron chi connectivity index (χ2n) is 5.02. The summed E-state index contributed by atoms with van der Waals surface area (Å²) in [6.07, 6.45) is 0. The molecule has 0 radical (unpaired) electrons. The molecule has 138 valence electrons. The molecule has 0 saturated carbocycles. The van der Waals surface area contributed by atoms with Crippen molar-refractivity contribution in [3.05, 3.63) is 96.6 Å². The minimum atomic E-state index is -1.06. The zero-order chi connectivity index (χ0) is 20.4. The van der Waals surface area contributed by atoms with E-state index in [-0.39, 0.29) is 11.1 Å². The lowest BCUT2D eigenvalue weighted by Crippen LogP contribution is -1.99. The van der Waals surface area contributed by atoms with E-state index in [1.807, 2.05) is 30.3 Å². The number of carboxylic acids is 3. The maximum Gasteiger partial charge on any atom is 0.336 e. The van der Waals surface area contributed by atoms with Gasteiger partial charge in [0.1, 0.15) is 0 Å². The Morgan fingerprint density at radius 2 is 1.04 bits per heavy atom. The smallest absolute Gasteiger partial charge is 0.336 e. The van der Waals surface area contributed by atoms with Gasteiger partial charge in [-0.05, 0) is 41.1 Å². The van der Waals surface area contributed by atoms with Crippen LogP contribution in [-0.4, -0.2) is 33.2 Å². The third kappa shape index (κ3) is 5.82. The van der Waals surface area contributed by atoms with Crippen molar-refractivity contribution in [1.82, 2.24) is 0 Å². The molecule has 0 unspecified atom stereocenters. The zero-order valence-electron chi connectivity index (χ0n) is 14.3. The van der Waals surface area contributed by atoms with Crippen molar-refractivity contribution in [2.75, 3.05) is 0 Å². The second-order valence-corrected chi connectivity index (χ2v) is 5.02. The van der Waals surface area contributed by atoms with Crippen LogP contribution in [0.4, 0.5) is 0 Å². The molecule has 0 bridgehead atoms. The number of benzene rings is 3. The summed E-state index contributed by atoms with van der Waals surface area (Å²) in [6.45, 7) is 6.00. The summed E-state index contributed by atoms with van der Waals surface area (Å²) in [6, 6.07) is 17.8. The van der Waals surface area contributed by atoms with Crippen molar-refractivity contribution in [3.8, 4) is 0 Å². The summed E-state index contributed by atoms with van der Waals surface area (Å²) >= 11 is 0. The van der Waals surface area contributed by atoms with Gasteiger partial charge in [-0.3, -0.25) is 0 Å². The third-order valence-electron chi connectivity index (χ3n) is 3.40. The van der Waals surface area contributed by atoms with E-state index in [0.717, 1.165) is 10.8 Å². The number of carboxylic acid groups (broad SMARTS) is 3. The Kier molecular flexibility index (Phi) is 7.94. The SMILES string of the molecule is C=C.O=C(O)c1ccc(C(=O)O)cc1.O=C(O)c1cccc2ccccc12. The van der Waals surface area contributed by atoms with Crippen LogP contribution >= 0.6 is 0 Å². The first-order chi connectivity index (χ1) is 12.9. The zero-order valence-corrected chi connectivity index (χ0v) is 14.3. The fraction of sp³-hybridized carbons (Fsp3) is 0. The molecule has 0 spiro atoms. The quantitative estimate of drug-likeness (QED) is 0.592. The van der Waals surface area contributed by atoms with Gasteiger partial charge in [-0.15, -0.1) is 13.2 Å². The average molecular weight is 366 g/mol. The topological polar surface area (TPSA) is 112 Å². The van der Waals surface area contributed by atoms with Gasteiger partial charge < -0.3 is 15.3 Å². The number of rotatable bonds is 3. The van der Waals surface area contributed by atoms with Gasteiger partial charge in [-0.25, -0.2) is 14.4 Å². The Hall–Kier alpha value is -3.93. The van der Waals surface area contributed by atoms with Gasteiger partial charge in [-0.2, -0.15) is 0 Å². The van der Waals surface area contributed by atoms with E-state index >= 15 is 0 Å². The van der Waals surface area contributed by atoms with Crippen molar-refractivity contribution in [2.45, 2.75) is 0 Å². The molecule has 0 aliphatic heterocycles. The van der Waals surface area contributed by atoms with Crippen LogP contribution in [0.1, 0.15) is 31.1 Å². The number of hydrogen-bond donors (Lipinski definition) is 3. The van der Waals surface area contributed by atoms with Gasteiger partial charge >= 0.3 is 17.9 Å². The number of hydrogen-bond acceptors (Lipinski definition) is 3. The molecule has 3 N–H and O–H groups in total. The van der Waals surface area contributed by atoms with Gasteiger partial charge in [-0.1, -0.05) is 36.4 Å². The number of aromatic carboxylic acids is 3. The lowest BCUT2D eigenvalue weighted by molar-refractivity contribution is 0.0681. The summed E-state index contributed by atoms with van der Waals surface area (Å²) in [5.74, 6) is -3.00. The summed E-state index contributed by atoms with van der Waals surface area (Å²) in [5.41, 5.74) is 0.526. The van der Waals surface area contributed by atoms with Crippen LogP contribution in [0.5, 0.6) is 0 Å². The Balaban J connectivity index is 0.000000248. The van der Waals surface area contributed by atoms with Crippen molar-refractivity contribution >= 4 is 28.7 Å². The Bertz CT molecular complexity index is 906. The monoisotopic (exact) mass is 366 g/mol. The molecule has 6 heteroatoms. The van der Waals surface area contributed by atoms with E-state index in [1.54, 1.807) is 12.1 Å². The van der Waals surface area contributed by atoms with E-state index in [4.69, 9.17) is 15.3 Å². The first kappa shape index (κ1) is 21.1. The average Bonchev–Trinajstić information content (AvgIpc) is 2.69. The second kappa shape index (κ2) is 10.1. The third-order valence-corrected chi connectivity index (χ3v) is 3.40. The molecule has 0 saturated heterocycles. The lowest BCUT2D eigenvalue weighted by Gasteiger charge is -2.00. The van der Waals surface area contributed by atoms with E-state index in [2.05, 4.69) is 13.2 Å². The summed E-state index contributed by atoms with van der Waals surface area (Å²) in [7, 11) is 0. The first-order valence-electron chi connectivity index (χ1n) is 7.68. The van der Waals surface area contributed by atoms with Gasteiger partial charge in [0.25, 0.3) is 0 Å². The van der Waals surface area contributed by atoms with Crippen LogP contribution in [0.15, 0.2) is 79.9 Å². The molecule has 3 rings (SSSR count). The molecular weight excluding hydrogens is 348 g/mol.